The van der Waals surface area contributed by atoms with Crippen LogP contribution in [0.4, 0.5) is 3.89 Å². The Labute approximate surface area is 119 Å². The van der Waals surface area contributed by atoms with Gasteiger partial charge in [-0.15, -0.1) is 3.89 Å². The van der Waals surface area contributed by atoms with Crippen LogP contribution in [0.2, 0.25) is 0 Å². The summed E-state index contributed by atoms with van der Waals surface area (Å²) in [7, 11) is -8.79. The highest BCUT2D eigenvalue weighted by atomic mass is 32.3. The molecule has 0 spiro atoms. The van der Waals surface area contributed by atoms with Crippen LogP contribution in [0.3, 0.4) is 0 Å². The highest BCUT2D eigenvalue weighted by Crippen LogP contribution is 2.18. The van der Waals surface area contributed by atoms with Gasteiger partial charge in [-0.2, -0.15) is 8.42 Å². The summed E-state index contributed by atoms with van der Waals surface area (Å²) in [5.74, 6) is 0.310. The first-order valence-electron chi connectivity index (χ1n) is 6.09. The fourth-order valence-corrected chi connectivity index (χ4v) is 3.77. The van der Waals surface area contributed by atoms with E-state index in [1.807, 2.05) is 13.8 Å². The van der Waals surface area contributed by atoms with E-state index in [-0.39, 0.29) is 10.9 Å². The summed E-state index contributed by atoms with van der Waals surface area (Å²) in [5.41, 5.74) is 0. The molecule has 20 heavy (non-hydrogen) atoms. The first-order chi connectivity index (χ1) is 9.02. The van der Waals surface area contributed by atoms with E-state index in [0.29, 0.717) is 12.3 Å². The van der Waals surface area contributed by atoms with Crippen LogP contribution >= 0.6 is 0 Å². The molecular formula is C12H18FNO4S2. The molecule has 1 unspecified atom stereocenters. The predicted octanol–water partition coefficient (Wildman–Crippen LogP) is 2.06. The fourth-order valence-electron chi connectivity index (χ4n) is 1.88. The molecule has 1 rings (SSSR count). The van der Waals surface area contributed by atoms with E-state index in [1.54, 1.807) is 6.92 Å². The second kappa shape index (κ2) is 6.19. The maximum Gasteiger partial charge on any atom is 0.332 e. The molecule has 1 aromatic carbocycles. The van der Waals surface area contributed by atoms with Crippen molar-refractivity contribution in [3.05, 3.63) is 24.3 Å². The van der Waals surface area contributed by atoms with E-state index in [0.717, 1.165) is 12.1 Å². The Bertz CT molecular complexity index is 668. The fraction of sp³-hybridized carbons (Fsp3) is 0.500. The Morgan fingerprint density at radius 1 is 1.10 bits per heavy atom. The van der Waals surface area contributed by atoms with Gasteiger partial charge < -0.3 is 0 Å². The molecule has 0 bridgehead atoms. The first kappa shape index (κ1) is 17.1. The summed E-state index contributed by atoms with van der Waals surface area (Å²) >= 11 is 0. The van der Waals surface area contributed by atoms with Crippen LogP contribution < -0.4 is 4.72 Å². The van der Waals surface area contributed by atoms with Gasteiger partial charge in [0.2, 0.25) is 10.0 Å². The van der Waals surface area contributed by atoms with Gasteiger partial charge in [0.05, 0.1) is 9.79 Å². The van der Waals surface area contributed by atoms with Gasteiger partial charge in [-0.3, -0.25) is 0 Å². The topological polar surface area (TPSA) is 80.3 Å². The zero-order chi connectivity index (χ0) is 15.6. The molecule has 0 heterocycles. The van der Waals surface area contributed by atoms with Gasteiger partial charge in [-0.1, -0.05) is 19.9 Å². The van der Waals surface area contributed by atoms with E-state index >= 15 is 0 Å². The third-order valence-electron chi connectivity index (χ3n) is 2.58. The standard InChI is InChI=1S/C12H18FNO4S2/c1-9(2)7-10(3)14-20(17,18)12-6-4-5-11(8-12)19(13,15)16/h4-6,8-10,14H,7H2,1-3H3. The van der Waals surface area contributed by atoms with E-state index in [9.17, 15) is 20.7 Å². The van der Waals surface area contributed by atoms with Crippen molar-refractivity contribution in [2.75, 3.05) is 0 Å². The van der Waals surface area contributed by atoms with E-state index in [1.165, 1.54) is 12.1 Å². The van der Waals surface area contributed by atoms with E-state index < -0.39 is 25.1 Å². The van der Waals surface area contributed by atoms with Crippen molar-refractivity contribution in [3.8, 4) is 0 Å². The van der Waals surface area contributed by atoms with Crippen molar-refractivity contribution in [3.63, 3.8) is 0 Å². The van der Waals surface area contributed by atoms with Crippen molar-refractivity contribution in [2.24, 2.45) is 5.92 Å². The third kappa shape index (κ3) is 4.84. The Hall–Kier alpha value is -0.990. The van der Waals surface area contributed by atoms with Crippen LogP contribution in [0, 0.1) is 5.92 Å². The molecule has 0 radical (unpaired) electrons. The molecule has 0 saturated heterocycles. The van der Waals surface area contributed by atoms with Crippen molar-refractivity contribution >= 4 is 20.2 Å². The average Bonchev–Trinajstić information content (AvgIpc) is 2.26. The Morgan fingerprint density at radius 2 is 1.65 bits per heavy atom. The zero-order valence-electron chi connectivity index (χ0n) is 11.5. The van der Waals surface area contributed by atoms with Crippen molar-refractivity contribution in [1.82, 2.24) is 4.72 Å². The summed E-state index contributed by atoms with van der Waals surface area (Å²) in [6.45, 7) is 5.63. The Morgan fingerprint density at radius 3 is 2.15 bits per heavy atom. The van der Waals surface area contributed by atoms with Gasteiger partial charge >= 0.3 is 10.2 Å². The van der Waals surface area contributed by atoms with Gasteiger partial charge in [-0.25, -0.2) is 13.1 Å². The van der Waals surface area contributed by atoms with Crippen LogP contribution in [-0.2, 0) is 20.2 Å². The number of hydrogen-bond donors (Lipinski definition) is 1. The molecular weight excluding hydrogens is 305 g/mol. The van der Waals surface area contributed by atoms with Gasteiger partial charge in [0.15, 0.2) is 0 Å². The normalized spacial score (nSPS) is 14.4. The third-order valence-corrected chi connectivity index (χ3v) is 4.98. The van der Waals surface area contributed by atoms with Gasteiger partial charge in [-0.05, 0) is 37.5 Å². The summed E-state index contributed by atoms with van der Waals surface area (Å²) in [5, 5.41) is 0. The molecule has 5 nitrogen and oxygen atoms in total. The Kier molecular flexibility index (Phi) is 5.28. The number of sulfonamides is 1. The zero-order valence-corrected chi connectivity index (χ0v) is 13.1. The minimum Gasteiger partial charge on any atom is -0.208 e. The number of rotatable bonds is 6. The van der Waals surface area contributed by atoms with Crippen LogP contribution in [0.15, 0.2) is 34.1 Å². The lowest BCUT2D eigenvalue weighted by molar-refractivity contribution is 0.482. The molecule has 1 N–H and O–H groups in total. The van der Waals surface area contributed by atoms with E-state index in [4.69, 9.17) is 0 Å². The molecule has 0 fully saturated rings. The number of hydrogen-bond acceptors (Lipinski definition) is 4. The highest BCUT2D eigenvalue weighted by Gasteiger charge is 2.21. The average molecular weight is 323 g/mol. The molecule has 1 aromatic rings. The molecule has 0 aliphatic carbocycles. The lowest BCUT2D eigenvalue weighted by atomic mass is 10.1. The lowest BCUT2D eigenvalue weighted by Gasteiger charge is -2.16. The minimum atomic E-state index is -4.93. The second-order valence-electron chi connectivity index (χ2n) is 5.06. The van der Waals surface area contributed by atoms with E-state index in [2.05, 4.69) is 4.72 Å². The Balaban J connectivity index is 3.05. The highest BCUT2D eigenvalue weighted by molar-refractivity contribution is 7.89. The van der Waals surface area contributed by atoms with Crippen LogP contribution in [0.5, 0.6) is 0 Å². The number of benzene rings is 1. The quantitative estimate of drug-likeness (QED) is 0.813. The second-order valence-corrected chi connectivity index (χ2v) is 8.13. The monoisotopic (exact) mass is 323 g/mol. The number of nitrogens with one attached hydrogen (secondary N) is 1. The molecule has 114 valence electrons. The maximum atomic E-state index is 12.9. The van der Waals surface area contributed by atoms with Crippen molar-refractivity contribution < 1.29 is 20.7 Å². The van der Waals surface area contributed by atoms with Gasteiger partial charge in [0, 0.05) is 6.04 Å². The predicted molar refractivity (Wildman–Crippen MR) is 74.0 cm³/mol. The molecule has 8 heteroatoms. The lowest BCUT2D eigenvalue weighted by Crippen LogP contribution is -2.33. The molecule has 0 saturated carbocycles. The summed E-state index contributed by atoms with van der Waals surface area (Å²) < 4.78 is 61.1. The van der Waals surface area contributed by atoms with Crippen molar-refractivity contribution in [1.29, 1.82) is 0 Å². The molecule has 0 aliphatic heterocycles. The largest absolute Gasteiger partial charge is 0.332 e. The minimum absolute atomic E-state index is 0.271. The maximum absolute atomic E-state index is 12.9. The van der Waals surface area contributed by atoms with Crippen molar-refractivity contribution in [2.45, 2.75) is 43.0 Å². The number of halogens is 1. The van der Waals surface area contributed by atoms with Gasteiger partial charge in [0.25, 0.3) is 0 Å². The molecule has 0 aromatic heterocycles. The molecule has 0 aliphatic rings. The first-order valence-corrected chi connectivity index (χ1v) is 8.96. The summed E-state index contributed by atoms with van der Waals surface area (Å²) in [4.78, 5) is -0.941. The van der Waals surface area contributed by atoms with Crippen LogP contribution in [-0.4, -0.2) is 22.9 Å². The summed E-state index contributed by atoms with van der Waals surface area (Å²) in [6.07, 6.45) is 0.639. The summed E-state index contributed by atoms with van der Waals surface area (Å²) in [6, 6.07) is 3.92. The van der Waals surface area contributed by atoms with Crippen LogP contribution in [0.25, 0.3) is 0 Å². The van der Waals surface area contributed by atoms with Gasteiger partial charge in [0.1, 0.15) is 0 Å². The SMILES string of the molecule is CC(C)CC(C)NS(=O)(=O)c1cccc(S(=O)(=O)F)c1. The molecule has 1 atom stereocenters. The van der Waals surface area contributed by atoms with Crippen LogP contribution in [0.1, 0.15) is 27.2 Å². The molecule has 0 amide bonds. The smallest absolute Gasteiger partial charge is 0.208 e.